The zero-order valence-electron chi connectivity index (χ0n) is 14.2. The molecule has 6 heteroatoms. The van der Waals surface area contributed by atoms with E-state index in [4.69, 9.17) is 4.74 Å². The number of benzene rings is 2. The Kier molecular flexibility index (Phi) is 5.34. The van der Waals surface area contributed by atoms with Crippen LogP contribution >= 0.6 is 0 Å². The maximum absolute atomic E-state index is 12.4. The zero-order valence-corrected chi connectivity index (χ0v) is 15.0. The van der Waals surface area contributed by atoms with E-state index in [1.807, 2.05) is 49.4 Å². The summed E-state index contributed by atoms with van der Waals surface area (Å²) in [6.45, 7) is 1.97. The van der Waals surface area contributed by atoms with Gasteiger partial charge in [-0.05, 0) is 42.8 Å². The lowest BCUT2D eigenvalue weighted by molar-refractivity contribution is 0.465. The monoisotopic (exact) mass is 366 g/mol. The van der Waals surface area contributed by atoms with Crippen LogP contribution in [0, 0.1) is 6.92 Å². The highest BCUT2D eigenvalue weighted by molar-refractivity contribution is 7.95. The number of anilines is 1. The molecule has 0 amide bonds. The van der Waals surface area contributed by atoms with Gasteiger partial charge >= 0.3 is 0 Å². The minimum atomic E-state index is -3.71. The lowest BCUT2D eigenvalue weighted by Crippen LogP contribution is -2.10. The molecule has 2 aromatic carbocycles. The zero-order chi connectivity index (χ0) is 18.4. The highest BCUT2D eigenvalue weighted by atomic mass is 32.2. The summed E-state index contributed by atoms with van der Waals surface area (Å²) < 4.78 is 32.9. The molecule has 3 rings (SSSR count). The van der Waals surface area contributed by atoms with E-state index in [1.165, 1.54) is 12.3 Å². The van der Waals surface area contributed by atoms with E-state index in [0.717, 1.165) is 16.5 Å². The minimum Gasteiger partial charge on any atom is -0.437 e. The number of nitrogens with zero attached hydrogens (tertiary/aromatic N) is 1. The van der Waals surface area contributed by atoms with Gasteiger partial charge in [-0.3, -0.25) is 4.72 Å². The van der Waals surface area contributed by atoms with Crippen molar-refractivity contribution >= 4 is 21.8 Å². The molecular formula is C20H18N2O3S. The van der Waals surface area contributed by atoms with Crippen molar-refractivity contribution < 1.29 is 13.2 Å². The maximum atomic E-state index is 12.4. The van der Waals surface area contributed by atoms with Gasteiger partial charge in [-0.2, -0.15) is 0 Å². The second-order valence-electron chi connectivity index (χ2n) is 5.63. The van der Waals surface area contributed by atoms with Gasteiger partial charge in [0.15, 0.2) is 0 Å². The Morgan fingerprint density at radius 3 is 2.42 bits per heavy atom. The van der Waals surface area contributed by atoms with E-state index in [2.05, 4.69) is 9.71 Å². The van der Waals surface area contributed by atoms with Gasteiger partial charge in [-0.15, -0.1) is 0 Å². The number of ether oxygens (including phenoxy) is 1. The third-order valence-electron chi connectivity index (χ3n) is 3.50. The number of rotatable bonds is 6. The molecule has 0 unspecified atom stereocenters. The maximum Gasteiger partial charge on any atom is 0.255 e. The lowest BCUT2D eigenvalue weighted by atomic mass is 10.2. The highest BCUT2D eigenvalue weighted by Crippen LogP contribution is 2.27. The predicted molar refractivity (Wildman–Crippen MR) is 104 cm³/mol. The van der Waals surface area contributed by atoms with Crippen LogP contribution in [0.15, 0.2) is 78.3 Å². The molecule has 0 atom stereocenters. The summed E-state index contributed by atoms with van der Waals surface area (Å²) in [6.07, 6.45) is 3.08. The van der Waals surface area contributed by atoms with Crippen LogP contribution in [0.1, 0.15) is 11.1 Å². The lowest BCUT2D eigenvalue weighted by Gasteiger charge is -2.10. The van der Waals surface area contributed by atoms with Crippen molar-refractivity contribution in [2.75, 3.05) is 4.72 Å². The van der Waals surface area contributed by atoms with Gasteiger partial charge in [0.1, 0.15) is 11.4 Å². The molecule has 132 valence electrons. The Morgan fingerprint density at radius 1 is 0.962 bits per heavy atom. The van der Waals surface area contributed by atoms with Crippen LogP contribution in [0.3, 0.4) is 0 Å². The first kappa shape index (κ1) is 17.7. The number of aryl methyl sites for hydroxylation is 1. The number of hydrogen-bond donors (Lipinski definition) is 1. The Labute approximate surface area is 153 Å². The van der Waals surface area contributed by atoms with Gasteiger partial charge in [0.05, 0.1) is 5.41 Å². The number of hydrogen-bond acceptors (Lipinski definition) is 4. The third-order valence-corrected chi connectivity index (χ3v) is 4.50. The molecule has 0 aliphatic carbocycles. The molecule has 0 aliphatic heterocycles. The molecular weight excluding hydrogens is 348 g/mol. The van der Waals surface area contributed by atoms with E-state index < -0.39 is 10.0 Å². The number of aromatic nitrogens is 1. The molecule has 0 spiro atoms. The fraction of sp³-hybridized carbons (Fsp3) is 0.0500. The molecule has 0 saturated carbocycles. The van der Waals surface area contributed by atoms with Crippen molar-refractivity contribution in [3.8, 4) is 11.6 Å². The molecule has 0 saturated heterocycles. The molecule has 1 heterocycles. The summed E-state index contributed by atoms with van der Waals surface area (Å²) >= 11 is 0. The normalized spacial score (nSPS) is 11.4. The first-order valence-corrected chi connectivity index (χ1v) is 9.52. The van der Waals surface area contributed by atoms with Crippen LogP contribution in [0.25, 0.3) is 6.08 Å². The Balaban J connectivity index is 1.78. The van der Waals surface area contributed by atoms with Gasteiger partial charge in [0.2, 0.25) is 5.88 Å². The fourth-order valence-electron chi connectivity index (χ4n) is 2.18. The molecule has 0 fully saturated rings. The summed E-state index contributed by atoms with van der Waals surface area (Å²) in [5.41, 5.74) is 2.18. The minimum absolute atomic E-state index is 0.186. The topological polar surface area (TPSA) is 68.3 Å². The van der Waals surface area contributed by atoms with Crippen LogP contribution in [0.5, 0.6) is 11.6 Å². The number of pyridine rings is 1. The summed E-state index contributed by atoms with van der Waals surface area (Å²) in [5, 5.41) is 1.12. The average molecular weight is 366 g/mol. The molecule has 0 bridgehead atoms. The Bertz CT molecular complexity index is 999. The van der Waals surface area contributed by atoms with Crippen molar-refractivity contribution in [2.24, 2.45) is 0 Å². The van der Waals surface area contributed by atoms with E-state index in [0.29, 0.717) is 5.75 Å². The van der Waals surface area contributed by atoms with Crippen LogP contribution in [-0.4, -0.2) is 13.4 Å². The van der Waals surface area contributed by atoms with Crippen LogP contribution in [0.2, 0.25) is 0 Å². The largest absolute Gasteiger partial charge is 0.437 e. The molecule has 0 radical (unpaired) electrons. The second-order valence-corrected chi connectivity index (χ2v) is 7.20. The van der Waals surface area contributed by atoms with Crippen LogP contribution in [0.4, 0.5) is 5.69 Å². The molecule has 3 aromatic rings. The molecule has 1 N–H and O–H groups in total. The highest BCUT2D eigenvalue weighted by Gasteiger charge is 2.12. The standard InChI is InChI=1S/C20H18N2O3S/c1-16-9-11-17(12-10-16)13-15-26(23,24)22-19-8-5-14-21-20(19)25-18-6-3-2-4-7-18/h2-15,22H,1H3. The second kappa shape index (κ2) is 7.84. The summed E-state index contributed by atoms with van der Waals surface area (Å²) in [6, 6.07) is 19.9. The summed E-state index contributed by atoms with van der Waals surface area (Å²) in [5.74, 6) is 0.757. The number of para-hydroxylation sites is 1. The fourth-order valence-corrected chi connectivity index (χ4v) is 3.05. The summed E-state index contributed by atoms with van der Waals surface area (Å²) in [7, 11) is -3.71. The molecule has 26 heavy (non-hydrogen) atoms. The van der Waals surface area contributed by atoms with E-state index >= 15 is 0 Å². The first-order valence-electron chi connectivity index (χ1n) is 7.97. The summed E-state index contributed by atoms with van der Waals surface area (Å²) in [4.78, 5) is 4.11. The number of nitrogens with one attached hydrogen (secondary N) is 1. The average Bonchev–Trinajstić information content (AvgIpc) is 2.64. The third kappa shape index (κ3) is 4.94. The quantitative estimate of drug-likeness (QED) is 0.692. The van der Waals surface area contributed by atoms with E-state index in [-0.39, 0.29) is 11.6 Å². The van der Waals surface area contributed by atoms with Crippen molar-refractivity contribution in [1.29, 1.82) is 0 Å². The Morgan fingerprint density at radius 2 is 1.69 bits per heavy atom. The van der Waals surface area contributed by atoms with Gasteiger partial charge in [0.25, 0.3) is 10.0 Å². The Hall–Kier alpha value is -3.12. The van der Waals surface area contributed by atoms with Crippen molar-refractivity contribution in [2.45, 2.75) is 6.92 Å². The van der Waals surface area contributed by atoms with E-state index in [1.54, 1.807) is 24.3 Å². The molecule has 1 aromatic heterocycles. The number of sulfonamides is 1. The van der Waals surface area contributed by atoms with Gasteiger partial charge in [-0.25, -0.2) is 13.4 Å². The predicted octanol–water partition coefficient (Wildman–Crippen LogP) is 4.59. The van der Waals surface area contributed by atoms with Crippen molar-refractivity contribution in [3.05, 3.63) is 89.5 Å². The van der Waals surface area contributed by atoms with Crippen molar-refractivity contribution in [1.82, 2.24) is 4.98 Å². The van der Waals surface area contributed by atoms with Gasteiger partial charge in [0, 0.05) is 6.20 Å². The molecule has 0 aliphatic rings. The van der Waals surface area contributed by atoms with Gasteiger partial charge in [-0.1, -0.05) is 48.0 Å². The van der Waals surface area contributed by atoms with Crippen LogP contribution in [-0.2, 0) is 10.0 Å². The van der Waals surface area contributed by atoms with Crippen LogP contribution < -0.4 is 9.46 Å². The smallest absolute Gasteiger partial charge is 0.255 e. The SMILES string of the molecule is Cc1ccc(C=CS(=O)(=O)Nc2cccnc2Oc2ccccc2)cc1. The van der Waals surface area contributed by atoms with Crippen molar-refractivity contribution in [3.63, 3.8) is 0 Å². The van der Waals surface area contributed by atoms with E-state index in [9.17, 15) is 8.42 Å². The molecule has 5 nitrogen and oxygen atoms in total. The first-order chi connectivity index (χ1) is 12.5. The van der Waals surface area contributed by atoms with Gasteiger partial charge < -0.3 is 4.74 Å².